The van der Waals surface area contributed by atoms with Gasteiger partial charge in [-0.05, 0) is 24.2 Å². The number of hydrogen-bond acceptors (Lipinski definition) is 1. The summed E-state index contributed by atoms with van der Waals surface area (Å²) in [6.45, 7) is 8.26. The third-order valence-corrected chi connectivity index (χ3v) is 2.45. The molecule has 0 spiro atoms. The summed E-state index contributed by atoms with van der Waals surface area (Å²) < 4.78 is 35.6. The number of ketones is 1. The maximum Gasteiger partial charge on any atom is 0.389 e. The van der Waals surface area contributed by atoms with Gasteiger partial charge in [0.05, 0.1) is 0 Å². The molecule has 0 saturated carbocycles. The SMILES string of the molecule is CC(CC(=O)CCCC(F)(F)F)CC(C)(C)C. The molecule has 1 unspecified atom stereocenters. The van der Waals surface area contributed by atoms with Crippen molar-refractivity contribution in [3.05, 3.63) is 0 Å². The summed E-state index contributed by atoms with van der Waals surface area (Å²) in [6, 6.07) is 0. The zero-order chi connectivity index (χ0) is 13.7. The highest BCUT2D eigenvalue weighted by Crippen LogP contribution is 2.27. The fourth-order valence-electron chi connectivity index (χ4n) is 2.09. The lowest BCUT2D eigenvalue weighted by molar-refractivity contribution is -0.137. The fourth-order valence-corrected chi connectivity index (χ4v) is 2.09. The number of alkyl halides is 3. The van der Waals surface area contributed by atoms with E-state index in [0.29, 0.717) is 6.42 Å². The van der Waals surface area contributed by atoms with Gasteiger partial charge >= 0.3 is 6.18 Å². The molecule has 4 heteroatoms. The lowest BCUT2D eigenvalue weighted by Crippen LogP contribution is -2.15. The summed E-state index contributed by atoms with van der Waals surface area (Å²) >= 11 is 0. The van der Waals surface area contributed by atoms with Crippen LogP contribution in [0.3, 0.4) is 0 Å². The van der Waals surface area contributed by atoms with Crippen LogP contribution in [0.15, 0.2) is 0 Å². The quantitative estimate of drug-likeness (QED) is 0.666. The van der Waals surface area contributed by atoms with Crippen molar-refractivity contribution in [2.75, 3.05) is 0 Å². The van der Waals surface area contributed by atoms with E-state index in [4.69, 9.17) is 0 Å². The second kappa shape index (κ2) is 6.41. The van der Waals surface area contributed by atoms with E-state index < -0.39 is 12.6 Å². The highest BCUT2D eigenvalue weighted by Gasteiger charge is 2.26. The molecule has 0 bridgehead atoms. The van der Waals surface area contributed by atoms with Gasteiger partial charge in [0.25, 0.3) is 0 Å². The predicted octanol–water partition coefficient (Wildman–Crippen LogP) is 4.75. The molecule has 0 N–H and O–H groups in total. The summed E-state index contributed by atoms with van der Waals surface area (Å²) in [5.74, 6) is 0.194. The minimum absolute atomic E-state index is 0.0496. The molecule has 1 atom stereocenters. The topological polar surface area (TPSA) is 17.1 Å². The summed E-state index contributed by atoms with van der Waals surface area (Å²) in [5.41, 5.74) is 0.158. The molecule has 0 heterocycles. The van der Waals surface area contributed by atoms with E-state index >= 15 is 0 Å². The largest absolute Gasteiger partial charge is 0.389 e. The summed E-state index contributed by atoms with van der Waals surface area (Å²) in [6.07, 6.45) is -3.71. The Hall–Kier alpha value is -0.540. The van der Waals surface area contributed by atoms with Crippen molar-refractivity contribution in [3.63, 3.8) is 0 Å². The summed E-state index contributed by atoms with van der Waals surface area (Å²) in [4.78, 5) is 11.5. The van der Waals surface area contributed by atoms with Crippen LogP contribution in [0.2, 0.25) is 0 Å². The lowest BCUT2D eigenvalue weighted by atomic mass is 9.83. The first-order chi connectivity index (χ1) is 7.49. The average Bonchev–Trinajstić information content (AvgIpc) is 1.96. The second-order valence-electron chi connectivity index (χ2n) is 6.08. The molecule has 102 valence electrons. The Kier molecular flexibility index (Phi) is 6.20. The molecule has 0 rings (SSSR count). The van der Waals surface area contributed by atoms with Crippen LogP contribution in [0.25, 0.3) is 0 Å². The number of hydrogen-bond donors (Lipinski definition) is 0. The molecule has 0 radical (unpaired) electrons. The average molecular weight is 252 g/mol. The third kappa shape index (κ3) is 11.7. The standard InChI is InChI=1S/C13H23F3O/c1-10(9-12(2,3)4)8-11(17)6-5-7-13(14,15)16/h10H,5-9H2,1-4H3. The smallest absolute Gasteiger partial charge is 0.300 e. The van der Waals surface area contributed by atoms with Crippen molar-refractivity contribution in [2.45, 2.75) is 66.0 Å². The van der Waals surface area contributed by atoms with Crippen molar-refractivity contribution < 1.29 is 18.0 Å². The molecule has 0 aromatic rings. The zero-order valence-corrected chi connectivity index (χ0v) is 11.2. The molecule has 0 aliphatic rings. The number of halogens is 3. The van der Waals surface area contributed by atoms with Crippen molar-refractivity contribution >= 4 is 5.78 Å². The van der Waals surface area contributed by atoms with Gasteiger partial charge in [0.15, 0.2) is 0 Å². The fraction of sp³-hybridized carbons (Fsp3) is 0.923. The minimum atomic E-state index is -4.14. The van der Waals surface area contributed by atoms with Crippen LogP contribution in [0.4, 0.5) is 13.2 Å². The maximum atomic E-state index is 11.9. The van der Waals surface area contributed by atoms with Gasteiger partial charge in [-0.1, -0.05) is 27.7 Å². The van der Waals surface area contributed by atoms with Crippen LogP contribution in [-0.2, 0) is 4.79 Å². The van der Waals surface area contributed by atoms with E-state index in [1.165, 1.54) is 0 Å². The van der Waals surface area contributed by atoms with E-state index in [1.807, 2.05) is 6.92 Å². The molecule has 0 aromatic carbocycles. The van der Waals surface area contributed by atoms with E-state index in [-0.39, 0.29) is 30.0 Å². The molecule has 0 aromatic heterocycles. The molecule has 0 amide bonds. The monoisotopic (exact) mass is 252 g/mol. The van der Waals surface area contributed by atoms with Crippen molar-refractivity contribution in [2.24, 2.45) is 11.3 Å². The highest BCUT2D eigenvalue weighted by atomic mass is 19.4. The Bertz CT molecular complexity index is 238. The molecule has 0 fully saturated rings. The van der Waals surface area contributed by atoms with Crippen LogP contribution in [0.1, 0.15) is 59.8 Å². The first-order valence-corrected chi connectivity index (χ1v) is 6.08. The van der Waals surface area contributed by atoms with Crippen LogP contribution in [0.5, 0.6) is 0 Å². The van der Waals surface area contributed by atoms with Gasteiger partial charge in [0.1, 0.15) is 5.78 Å². The molecular weight excluding hydrogens is 229 g/mol. The van der Waals surface area contributed by atoms with Gasteiger partial charge in [0, 0.05) is 19.3 Å². The van der Waals surface area contributed by atoms with E-state index in [2.05, 4.69) is 20.8 Å². The van der Waals surface area contributed by atoms with Crippen molar-refractivity contribution in [1.29, 1.82) is 0 Å². The van der Waals surface area contributed by atoms with Crippen molar-refractivity contribution in [3.8, 4) is 0 Å². The van der Waals surface area contributed by atoms with E-state index in [1.54, 1.807) is 0 Å². The van der Waals surface area contributed by atoms with E-state index in [0.717, 1.165) is 6.42 Å². The molecular formula is C13H23F3O. The first-order valence-electron chi connectivity index (χ1n) is 6.08. The number of Topliss-reactive ketones (excluding diaryl/α,β-unsaturated/α-hetero) is 1. The van der Waals surface area contributed by atoms with Gasteiger partial charge in [-0.15, -0.1) is 0 Å². The van der Waals surface area contributed by atoms with Crippen LogP contribution >= 0.6 is 0 Å². The molecule has 0 aliphatic heterocycles. The van der Waals surface area contributed by atoms with E-state index in [9.17, 15) is 18.0 Å². The van der Waals surface area contributed by atoms with Gasteiger partial charge in [0.2, 0.25) is 0 Å². The molecule has 0 saturated heterocycles. The Morgan fingerprint density at radius 3 is 2.12 bits per heavy atom. The van der Waals surface area contributed by atoms with Crippen LogP contribution in [0, 0.1) is 11.3 Å². The van der Waals surface area contributed by atoms with Gasteiger partial charge < -0.3 is 0 Å². The molecule has 0 aliphatic carbocycles. The van der Waals surface area contributed by atoms with Gasteiger partial charge in [-0.3, -0.25) is 4.79 Å². The Labute approximate surface area is 102 Å². The number of carbonyl (C=O) groups is 1. The highest BCUT2D eigenvalue weighted by molar-refractivity contribution is 5.78. The maximum absolute atomic E-state index is 11.9. The second-order valence-corrected chi connectivity index (χ2v) is 6.08. The Morgan fingerprint density at radius 1 is 1.18 bits per heavy atom. The van der Waals surface area contributed by atoms with Crippen LogP contribution < -0.4 is 0 Å². The zero-order valence-electron chi connectivity index (χ0n) is 11.2. The lowest BCUT2D eigenvalue weighted by Gasteiger charge is -2.22. The van der Waals surface area contributed by atoms with Crippen LogP contribution in [-0.4, -0.2) is 12.0 Å². The number of carbonyl (C=O) groups excluding carboxylic acids is 1. The number of rotatable bonds is 6. The summed E-state index contributed by atoms with van der Waals surface area (Å²) in [7, 11) is 0. The Balaban J connectivity index is 3.80. The molecule has 17 heavy (non-hydrogen) atoms. The molecule has 1 nitrogen and oxygen atoms in total. The van der Waals surface area contributed by atoms with Crippen molar-refractivity contribution in [1.82, 2.24) is 0 Å². The predicted molar refractivity (Wildman–Crippen MR) is 62.8 cm³/mol. The third-order valence-electron chi connectivity index (χ3n) is 2.45. The Morgan fingerprint density at radius 2 is 1.71 bits per heavy atom. The minimum Gasteiger partial charge on any atom is -0.300 e. The normalized spacial score (nSPS) is 14.8. The first kappa shape index (κ1) is 16.5. The summed E-state index contributed by atoms with van der Waals surface area (Å²) in [5, 5.41) is 0. The van der Waals surface area contributed by atoms with Gasteiger partial charge in [-0.2, -0.15) is 13.2 Å². The van der Waals surface area contributed by atoms with Gasteiger partial charge in [-0.25, -0.2) is 0 Å².